The summed E-state index contributed by atoms with van der Waals surface area (Å²) in [5, 5.41) is 0. The number of anilines is 1. The number of halogens is 1. The zero-order valence-electron chi connectivity index (χ0n) is 16.9. The van der Waals surface area contributed by atoms with Crippen LogP contribution in [-0.4, -0.2) is 18.4 Å². The molecule has 1 unspecified atom stereocenters. The monoisotopic (exact) mass is 403 g/mol. The lowest BCUT2D eigenvalue weighted by Crippen LogP contribution is -2.40. The minimum atomic E-state index is -0.533. The summed E-state index contributed by atoms with van der Waals surface area (Å²) in [4.78, 5) is 28.3. The lowest BCUT2D eigenvalue weighted by atomic mass is 9.68. The number of carbonyl (C=O) groups is 2. The van der Waals surface area contributed by atoms with E-state index < -0.39 is 11.9 Å². The summed E-state index contributed by atoms with van der Waals surface area (Å²) in [6, 6.07) is 15.8. The number of carbonyl (C=O) groups excluding carboxylic acids is 2. The van der Waals surface area contributed by atoms with Crippen molar-refractivity contribution in [2.75, 3.05) is 11.5 Å². The number of benzene rings is 2. The molecule has 2 aliphatic heterocycles. The topological polar surface area (TPSA) is 46.6 Å². The van der Waals surface area contributed by atoms with Gasteiger partial charge in [-0.1, -0.05) is 44.2 Å². The van der Waals surface area contributed by atoms with Gasteiger partial charge >= 0.3 is 5.97 Å². The second kappa shape index (κ2) is 6.66. The van der Waals surface area contributed by atoms with Gasteiger partial charge in [-0.2, -0.15) is 0 Å². The van der Waals surface area contributed by atoms with Crippen LogP contribution in [0.1, 0.15) is 38.2 Å². The second-order valence-corrected chi connectivity index (χ2v) is 8.89. The van der Waals surface area contributed by atoms with Crippen molar-refractivity contribution >= 4 is 17.4 Å². The van der Waals surface area contributed by atoms with Gasteiger partial charge in [-0.05, 0) is 41.7 Å². The van der Waals surface area contributed by atoms with E-state index in [1.54, 1.807) is 12.1 Å². The highest BCUT2D eigenvalue weighted by Gasteiger charge is 2.48. The van der Waals surface area contributed by atoms with Crippen LogP contribution >= 0.6 is 0 Å². The minimum Gasteiger partial charge on any atom is -0.456 e. The Morgan fingerprint density at radius 3 is 2.33 bits per heavy atom. The zero-order chi connectivity index (χ0) is 21.0. The Labute approximate surface area is 174 Å². The Hall–Kier alpha value is -3.21. The molecule has 0 fully saturated rings. The normalized spacial score (nSPS) is 22.8. The van der Waals surface area contributed by atoms with Gasteiger partial charge in [0.2, 0.25) is 0 Å². The summed E-state index contributed by atoms with van der Waals surface area (Å²) >= 11 is 0. The van der Waals surface area contributed by atoms with Crippen LogP contribution in [0.25, 0.3) is 0 Å². The third-order valence-electron chi connectivity index (χ3n) is 6.10. The van der Waals surface area contributed by atoms with Gasteiger partial charge in [0.1, 0.15) is 12.4 Å². The van der Waals surface area contributed by atoms with E-state index in [1.165, 1.54) is 12.1 Å². The molecule has 30 heavy (non-hydrogen) atoms. The largest absolute Gasteiger partial charge is 0.456 e. The van der Waals surface area contributed by atoms with Gasteiger partial charge in [0.05, 0.1) is 11.3 Å². The van der Waals surface area contributed by atoms with Crippen LogP contribution < -0.4 is 4.90 Å². The Kier molecular flexibility index (Phi) is 4.17. The zero-order valence-corrected chi connectivity index (χ0v) is 16.9. The maximum atomic E-state index is 13.6. The maximum Gasteiger partial charge on any atom is 0.337 e. The Bertz CT molecular complexity index is 1110. The number of ether oxygens (including phenoxy) is 1. The Morgan fingerprint density at radius 2 is 1.63 bits per heavy atom. The molecule has 0 spiro atoms. The predicted octanol–water partition coefficient (Wildman–Crippen LogP) is 4.88. The number of rotatable bonds is 2. The van der Waals surface area contributed by atoms with Crippen LogP contribution in [0.2, 0.25) is 0 Å². The number of cyclic esters (lactones) is 1. The maximum absolute atomic E-state index is 13.6. The molecule has 2 heterocycles. The third-order valence-corrected chi connectivity index (χ3v) is 6.10. The molecule has 1 aliphatic carbocycles. The van der Waals surface area contributed by atoms with Crippen molar-refractivity contribution in [1.29, 1.82) is 0 Å². The van der Waals surface area contributed by atoms with E-state index in [1.807, 2.05) is 35.2 Å². The molecule has 0 saturated carbocycles. The van der Waals surface area contributed by atoms with Gasteiger partial charge in [-0.3, -0.25) is 4.79 Å². The highest BCUT2D eigenvalue weighted by atomic mass is 19.1. The SMILES string of the molecule is CC1(C)CC(=O)C2=C(C1)N(c1ccccc1)C1=C(C(=O)OC1)C2c1ccc(F)cc1. The number of para-hydroxylation sites is 1. The fourth-order valence-corrected chi connectivity index (χ4v) is 4.89. The predicted molar refractivity (Wildman–Crippen MR) is 111 cm³/mol. The van der Waals surface area contributed by atoms with Crippen molar-refractivity contribution in [3.63, 3.8) is 0 Å². The van der Waals surface area contributed by atoms with Gasteiger partial charge in [0.25, 0.3) is 0 Å². The summed E-state index contributed by atoms with van der Waals surface area (Å²) < 4.78 is 19.1. The number of nitrogens with zero attached hydrogens (tertiary/aromatic N) is 1. The minimum absolute atomic E-state index is 0.0303. The Morgan fingerprint density at radius 1 is 0.933 bits per heavy atom. The lowest BCUT2D eigenvalue weighted by Gasteiger charge is -2.43. The fourth-order valence-electron chi connectivity index (χ4n) is 4.89. The van der Waals surface area contributed by atoms with Crippen molar-refractivity contribution < 1.29 is 18.7 Å². The number of hydrogen-bond donors (Lipinski definition) is 0. The second-order valence-electron chi connectivity index (χ2n) is 8.89. The molecular formula is C25H22FNO3. The molecule has 2 aromatic rings. The first-order valence-electron chi connectivity index (χ1n) is 10.1. The van der Waals surface area contributed by atoms with Crippen molar-refractivity contribution in [1.82, 2.24) is 0 Å². The highest BCUT2D eigenvalue weighted by Crippen LogP contribution is 2.52. The lowest BCUT2D eigenvalue weighted by molar-refractivity contribution is -0.136. The first-order chi connectivity index (χ1) is 14.4. The quantitative estimate of drug-likeness (QED) is 0.671. The molecule has 5 heteroatoms. The van der Waals surface area contributed by atoms with Crippen LogP contribution in [0, 0.1) is 11.2 Å². The molecular weight excluding hydrogens is 381 g/mol. The summed E-state index contributed by atoms with van der Waals surface area (Å²) in [7, 11) is 0. The van der Waals surface area contributed by atoms with Crippen molar-refractivity contribution in [3.8, 4) is 0 Å². The number of ketones is 1. The van der Waals surface area contributed by atoms with Crippen molar-refractivity contribution in [3.05, 3.63) is 88.5 Å². The fraction of sp³-hybridized carbons (Fsp3) is 0.280. The number of Topliss-reactive ketones (excluding diaryl/α,β-unsaturated/α-hetero) is 1. The van der Waals surface area contributed by atoms with Crippen LogP contribution in [0.3, 0.4) is 0 Å². The van der Waals surface area contributed by atoms with E-state index in [2.05, 4.69) is 13.8 Å². The van der Waals surface area contributed by atoms with Crippen LogP contribution in [-0.2, 0) is 14.3 Å². The van der Waals surface area contributed by atoms with E-state index in [4.69, 9.17) is 4.74 Å². The van der Waals surface area contributed by atoms with E-state index >= 15 is 0 Å². The van der Waals surface area contributed by atoms with Crippen molar-refractivity contribution in [2.45, 2.75) is 32.6 Å². The van der Waals surface area contributed by atoms with Gasteiger partial charge in [-0.25, -0.2) is 9.18 Å². The standard InChI is InChI=1S/C25H22FNO3/c1-25(2)12-18-22(20(28)13-25)21(15-8-10-16(26)11-9-15)23-19(14-30-24(23)29)27(18)17-6-4-3-5-7-17/h3-11,21H,12-14H2,1-2H3. The summed E-state index contributed by atoms with van der Waals surface area (Å²) in [5.74, 6) is -1.27. The number of allylic oxidation sites excluding steroid dienone is 2. The first kappa shape index (κ1) is 18.8. The smallest absolute Gasteiger partial charge is 0.337 e. The summed E-state index contributed by atoms with van der Waals surface area (Å²) in [6.07, 6.45) is 1.11. The van der Waals surface area contributed by atoms with E-state index in [9.17, 15) is 14.0 Å². The van der Waals surface area contributed by atoms with Gasteiger partial charge in [-0.15, -0.1) is 0 Å². The average molecular weight is 403 g/mol. The van der Waals surface area contributed by atoms with E-state index in [-0.39, 0.29) is 23.6 Å². The molecule has 4 nitrogen and oxygen atoms in total. The molecule has 0 amide bonds. The van der Waals surface area contributed by atoms with E-state index in [0.29, 0.717) is 24.0 Å². The average Bonchev–Trinajstić information content (AvgIpc) is 3.08. The molecule has 0 radical (unpaired) electrons. The van der Waals surface area contributed by atoms with E-state index in [0.717, 1.165) is 22.6 Å². The molecule has 5 rings (SSSR count). The molecule has 152 valence electrons. The molecule has 2 aromatic carbocycles. The number of esters is 1. The molecule has 1 atom stereocenters. The van der Waals surface area contributed by atoms with Crippen LogP contribution in [0.5, 0.6) is 0 Å². The summed E-state index contributed by atoms with van der Waals surface area (Å²) in [5.41, 5.74) is 4.23. The van der Waals surface area contributed by atoms with Gasteiger partial charge < -0.3 is 9.64 Å². The molecule has 0 bridgehead atoms. The third kappa shape index (κ3) is 2.88. The molecule has 3 aliphatic rings. The van der Waals surface area contributed by atoms with Gasteiger partial charge in [0.15, 0.2) is 5.78 Å². The van der Waals surface area contributed by atoms with Crippen LogP contribution in [0.15, 0.2) is 77.1 Å². The van der Waals surface area contributed by atoms with Crippen LogP contribution in [0.4, 0.5) is 10.1 Å². The molecule has 0 saturated heterocycles. The summed E-state index contributed by atoms with van der Waals surface area (Å²) in [6.45, 7) is 4.34. The van der Waals surface area contributed by atoms with Crippen molar-refractivity contribution in [2.24, 2.45) is 5.41 Å². The highest BCUT2D eigenvalue weighted by molar-refractivity contribution is 6.06. The molecule has 0 aromatic heterocycles. The number of hydrogen-bond acceptors (Lipinski definition) is 4. The first-order valence-corrected chi connectivity index (χ1v) is 10.1. The van der Waals surface area contributed by atoms with Gasteiger partial charge in [0, 0.05) is 29.3 Å². The molecule has 0 N–H and O–H groups in total. The Balaban J connectivity index is 1.79.